The maximum absolute atomic E-state index is 10.3. The van der Waals surface area contributed by atoms with Gasteiger partial charge in [0.1, 0.15) is 6.23 Å². The summed E-state index contributed by atoms with van der Waals surface area (Å²) in [5.74, 6) is 0. The van der Waals surface area contributed by atoms with Crippen molar-refractivity contribution in [3.8, 4) is 0 Å². The first-order chi connectivity index (χ1) is 6.63. The van der Waals surface area contributed by atoms with Crippen molar-refractivity contribution in [2.24, 2.45) is 0 Å². The van der Waals surface area contributed by atoms with Crippen LogP contribution in [0.3, 0.4) is 0 Å². The third-order valence-electron chi connectivity index (χ3n) is 1.62. The number of rotatable bonds is 4. The molecule has 0 saturated heterocycles. The minimum Gasteiger partial charge on any atom is -0.370 e. The van der Waals surface area contributed by atoms with Crippen LogP contribution >= 0.6 is 0 Å². The standard InChI is InChI=1S/C9H10N2O3/c1-2-9(12)10-7-3-5-8(6-4-7)11(13)14/h2-6,9-10,12H,1H2. The van der Waals surface area contributed by atoms with Gasteiger partial charge in [-0.25, -0.2) is 0 Å². The summed E-state index contributed by atoms with van der Waals surface area (Å²) in [4.78, 5) is 9.83. The number of nitrogens with zero attached hydrogens (tertiary/aromatic N) is 1. The lowest BCUT2D eigenvalue weighted by molar-refractivity contribution is -0.384. The SMILES string of the molecule is C=CC(O)Nc1ccc([N+](=O)[O-])cc1. The number of anilines is 1. The van der Waals surface area contributed by atoms with Gasteiger partial charge in [-0.15, -0.1) is 0 Å². The van der Waals surface area contributed by atoms with Crippen LogP contribution in [0.5, 0.6) is 0 Å². The van der Waals surface area contributed by atoms with E-state index < -0.39 is 11.2 Å². The van der Waals surface area contributed by atoms with Gasteiger partial charge >= 0.3 is 0 Å². The third kappa shape index (κ3) is 2.56. The number of aliphatic hydroxyl groups is 1. The molecule has 0 aromatic heterocycles. The van der Waals surface area contributed by atoms with Crippen LogP contribution < -0.4 is 5.32 Å². The summed E-state index contributed by atoms with van der Waals surface area (Å²) in [5, 5.41) is 22.1. The van der Waals surface area contributed by atoms with Crippen molar-refractivity contribution in [1.29, 1.82) is 0 Å². The van der Waals surface area contributed by atoms with Gasteiger partial charge in [0.25, 0.3) is 5.69 Å². The zero-order chi connectivity index (χ0) is 10.6. The summed E-state index contributed by atoms with van der Waals surface area (Å²) >= 11 is 0. The highest BCUT2D eigenvalue weighted by molar-refractivity contribution is 5.49. The highest BCUT2D eigenvalue weighted by Crippen LogP contribution is 2.15. The van der Waals surface area contributed by atoms with Gasteiger partial charge in [0.15, 0.2) is 0 Å². The number of nitro benzene ring substituents is 1. The predicted octanol–water partition coefficient (Wildman–Crippen LogP) is 1.51. The van der Waals surface area contributed by atoms with Crippen LogP contribution in [0, 0.1) is 10.1 Å². The lowest BCUT2D eigenvalue weighted by Gasteiger charge is -2.08. The Bertz CT molecular complexity index is 334. The highest BCUT2D eigenvalue weighted by Gasteiger charge is 2.04. The summed E-state index contributed by atoms with van der Waals surface area (Å²) in [6.45, 7) is 3.38. The van der Waals surface area contributed by atoms with Crippen LogP contribution in [0.15, 0.2) is 36.9 Å². The first kappa shape index (κ1) is 10.2. The van der Waals surface area contributed by atoms with Gasteiger partial charge in [-0.05, 0) is 18.2 Å². The number of non-ortho nitro benzene ring substituents is 1. The van der Waals surface area contributed by atoms with E-state index in [0.29, 0.717) is 5.69 Å². The molecule has 1 rings (SSSR count). The molecule has 0 aliphatic rings. The second-order valence-electron chi connectivity index (χ2n) is 2.63. The van der Waals surface area contributed by atoms with E-state index in [0.717, 1.165) is 0 Å². The average molecular weight is 194 g/mol. The lowest BCUT2D eigenvalue weighted by atomic mass is 10.3. The molecule has 14 heavy (non-hydrogen) atoms. The molecule has 0 saturated carbocycles. The summed E-state index contributed by atoms with van der Waals surface area (Å²) in [6.07, 6.45) is 0.470. The Morgan fingerprint density at radius 2 is 2.07 bits per heavy atom. The number of nitrogens with one attached hydrogen (secondary N) is 1. The van der Waals surface area contributed by atoms with Crippen LogP contribution in [0.1, 0.15) is 0 Å². The molecule has 5 heteroatoms. The van der Waals surface area contributed by atoms with Gasteiger partial charge in [-0.1, -0.05) is 6.58 Å². The van der Waals surface area contributed by atoms with Crippen molar-refractivity contribution in [3.05, 3.63) is 47.0 Å². The second kappa shape index (κ2) is 4.38. The number of aliphatic hydroxyl groups excluding tert-OH is 1. The molecule has 0 spiro atoms. The van der Waals surface area contributed by atoms with Crippen LogP contribution in [0.2, 0.25) is 0 Å². The fourth-order valence-corrected chi connectivity index (χ4v) is 0.909. The Balaban J connectivity index is 2.73. The molecule has 2 N–H and O–H groups in total. The Morgan fingerprint density at radius 3 is 2.50 bits per heavy atom. The third-order valence-corrected chi connectivity index (χ3v) is 1.62. The Labute approximate surface area is 80.8 Å². The normalized spacial score (nSPS) is 11.8. The molecule has 1 aromatic carbocycles. The molecule has 1 aromatic rings. The van der Waals surface area contributed by atoms with E-state index in [-0.39, 0.29) is 5.69 Å². The smallest absolute Gasteiger partial charge is 0.269 e. The molecule has 5 nitrogen and oxygen atoms in total. The first-order valence-electron chi connectivity index (χ1n) is 3.95. The average Bonchev–Trinajstić information content (AvgIpc) is 2.18. The molecule has 0 bridgehead atoms. The van der Waals surface area contributed by atoms with E-state index in [1.165, 1.54) is 30.3 Å². The largest absolute Gasteiger partial charge is 0.370 e. The predicted molar refractivity (Wildman–Crippen MR) is 52.9 cm³/mol. The van der Waals surface area contributed by atoms with Gasteiger partial charge in [-0.3, -0.25) is 10.1 Å². The molecule has 0 aliphatic heterocycles. The number of nitro groups is 1. The minimum absolute atomic E-state index is 0.0173. The first-order valence-corrected chi connectivity index (χ1v) is 3.95. The van der Waals surface area contributed by atoms with Crippen molar-refractivity contribution < 1.29 is 10.0 Å². The number of hydrogen-bond donors (Lipinski definition) is 2. The van der Waals surface area contributed by atoms with Crippen molar-refractivity contribution in [3.63, 3.8) is 0 Å². The Kier molecular flexibility index (Phi) is 3.19. The summed E-state index contributed by atoms with van der Waals surface area (Å²) < 4.78 is 0. The number of benzene rings is 1. The van der Waals surface area contributed by atoms with E-state index in [4.69, 9.17) is 5.11 Å². The summed E-state index contributed by atoms with van der Waals surface area (Å²) in [6, 6.07) is 5.76. The molecular weight excluding hydrogens is 184 g/mol. The van der Waals surface area contributed by atoms with E-state index in [1.807, 2.05) is 0 Å². The van der Waals surface area contributed by atoms with Gasteiger partial charge in [0.2, 0.25) is 0 Å². The van der Waals surface area contributed by atoms with Crippen molar-refractivity contribution in [1.82, 2.24) is 0 Å². The van der Waals surface area contributed by atoms with Gasteiger partial charge in [-0.2, -0.15) is 0 Å². The van der Waals surface area contributed by atoms with Gasteiger partial charge in [0.05, 0.1) is 4.92 Å². The molecule has 0 aliphatic carbocycles. The topological polar surface area (TPSA) is 75.4 Å². The second-order valence-corrected chi connectivity index (χ2v) is 2.63. The van der Waals surface area contributed by atoms with Crippen LogP contribution in [-0.2, 0) is 0 Å². The molecular formula is C9H10N2O3. The molecule has 1 unspecified atom stereocenters. The van der Waals surface area contributed by atoms with E-state index in [9.17, 15) is 10.1 Å². The van der Waals surface area contributed by atoms with E-state index >= 15 is 0 Å². The lowest BCUT2D eigenvalue weighted by Crippen LogP contribution is -2.14. The van der Waals surface area contributed by atoms with Crippen molar-refractivity contribution in [2.75, 3.05) is 5.32 Å². The van der Waals surface area contributed by atoms with Gasteiger partial charge < -0.3 is 10.4 Å². The maximum atomic E-state index is 10.3. The highest BCUT2D eigenvalue weighted by atomic mass is 16.6. The molecule has 0 amide bonds. The molecule has 74 valence electrons. The molecule has 1 atom stereocenters. The monoisotopic (exact) mass is 194 g/mol. The minimum atomic E-state index is -0.851. The van der Waals surface area contributed by atoms with Gasteiger partial charge in [0, 0.05) is 17.8 Å². The summed E-state index contributed by atoms with van der Waals surface area (Å²) in [7, 11) is 0. The Hall–Kier alpha value is -1.88. The maximum Gasteiger partial charge on any atom is 0.269 e. The quantitative estimate of drug-likeness (QED) is 0.329. The Morgan fingerprint density at radius 1 is 1.50 bits per heavy atom. The molecule has 0 radical (unpaired) electrons. The van der Waals surface area contributed by atoms with Crippen molar-refractivity contribution >= 4 is 11.4 Å². The summed E-state index contributed by atoms with van der Waals surface area (Å²) in [5.41, 5.74) is 0.617. The zero-order valence-corrected chi connectivity index (χ0v) is 7.38. The molecule has 0 heterocycles. The van der Waals surface area contributed by atoms with E-state index in [2.05, 4.69) is 11.9 Å². The fraction of sp³-hybridized carbons (Fsp3) is 0.111. The van der Waals surface area contributed by atoms with Crippen LogP contribution in [0.4, 0.5) is 11.4 Å². The molecule has 0 fully saturated rings. The van der Waals surface area contributed by atoms with E-state index in [1.54, 1.807) is 0 Å². The zero-order valence-electron chi connectivity index (χ0n) is 7.38. The fourth-order valence-electron chi connectivity index (χ4n) is 0.909. The van der Waals surface area contributed by atoms with Crippen LogP contribution in [0.25, 0.3) is 0 Å². The number of hydrogen-bond acceptors (Lipinski definition) is 4. The van der Waals surface area contributed by atoms with Crippen molar-refractivity contribution in [2.45, 2.75) is 6.23 Å². The van der Waals surface area contributed by atoms with Crippen LogP contribution in [-0.4, -0.2) is 16.3 Å².